The van der Waals surface area contributed by atoms with Crippen LogP contribution in [0.3, 0.4) is 0 Å². The van der Waals surface area contributed by atoms with Crippen molar-refractivity contribution in [2.75, 3.05) is 0 Å². The number of fused-ring (bicyclic) bond motifs is 1. The molecule has 0 spiro atoms. The van der Waals surface area contributed by atoms with E-state index in [-0.39, 0.29) is 0 Å². The summed E-state index contributed by atoms with van der Waals surface area (Å²) in [5.41, 5.74) is 2.57. The highest BCUT2D eigenvalue weighted by Crippen LogP contribution is 2.34. The molecule has 0 amide bonds. The molecule has 0 aliphatic carbocycles. The van der Waals surface area contributed by atoms with Crippen molar-refractivity contribution >= 4 is 15.9 Å². The van der Waals surface area contributed by atoms with Crippen molar-refractivity contribution in [3.05, 3.63) is 53.7 Å². The lowest BCUT2D eigenvalue weighted by atomic mass is 10.0. The van der Waals surface area contributed by atoms with Gasteiger partial charge in [0.25, 0.3) is 0 Å². The van der Waals surface area contributed by atoms with Crippen molar-refractivity contribution in [2.45, 2.75) is 4.90 Å². The molecule has 2 aromatic rings. The highest BCUT2D eigenvalue weighted by molar-refractivity contribution is 7.94. The summed E-state index contributed by atoms with van der Waals surface area (Å²) >= 11 is 0. The minimum Gasteiger partial charge on any atom is -0.264 e. The smallest absolute Gasteiger partial charge is 0.200 e. The van der Waals surface area contributed by atoms with Gasteiger partial charge in [-0.15, -0.1) is 0 Å². The van der Waals surface area contributed by atoms with Gasteiger partial charge >= 0.3 is 0 Å². The summed E-state index contributed by atoms with van der Waals surface area (Å²) in [6.07, 6.45) is 5.07. The molecule has 2 heterocycles. The number of rotatable bonds is 1. The molecule has 1 aliphatic heterocycles. The zero-order chi connectivity index (χ0) is 11.9. The largest absolute Gasteiger partial charge is 0.264 e. The fourth-order valence-corrected chi connectivity index (χ4v) is 3.18. The molecule has 4 heteroatoms. The molecule has 3 rings (SSSR count). The minimum atomic E-state index is -3.24. The van der Waals surface area contributed by atoms with Crippen LogP contribution in [0.5, 0.6) is 0 Å². The first-order valence-corrected chi connectivity index (χ1v) is 6.70. The summed E-state index contributed by atoms with van der Waals surface area (Å²) in [4.78, 5) is 4.42. The van der Waals surface area contributed by atoms with E-state index >= 15 is 0 Å². The van der Waals surface area contributed by atoms with Gasteiger partial charge in [-0.05, 0) is 23.8 Å². The molecule has 0 radical (unpaired) electrons. The van der Waals surface area contributed by atoms with Crippen molar-refractivity contribution in [1.82, 2.24) is 4.98 Å². The number of pyridine rings is 1. The first-order chi connectivity index (χ1) is 8.18. The van der Waals surface area contributed by atoms with Gasteiger partial charge in [-0.1, -0.05) is 18.2 Å². The summed E-state index contributed by atoms with van der Waals surface area (Å²) in [5.74, 6) is 0. The average Bonchev–Trinajstić information content (AvgIpc) is 2.67. The Kier molecular flexibility index (Phi) is 2.12. The molecule has 3 nitrogen and oxygen atoms in total. The van der Waals surface area contributed by atoms with Crippen molar-refractivity contribution in [3.63, 3.8) is 0 Å². The standard InChI is InChI=1S/C13H9NO2S/c15-17(16)8-6-12-11(4-1-5-13(12)17)10-3-2-7-14-9-10/h1-9H. The zero-order valence-corrected chi connectivity index (χ0v) is 9.68. The van der Waals surface area contributed by atoms with Crippen LogP contribution >= 0.6 is 0 Å². The highest BCUT2D eigenvalue weighted by atomic mass is 32.2. The summed E-state index contributed by atoms with van der Waals surface area (Å²) in [6, 6.07) is 9.04. The van der Waals surface area contributed by atoms with Gasteiger partial charge in [0.05, 0.1) is 4.90 Å². The maximum Gasteiger partial charge on any atom is 0.200 e. The van der Waals surface area contributed by atoms with Crippen LogP contribution in [0.4, 0.5) is 0 Å². The molecule has 1 aromatic carbocycles. The summed E-state index contributed by atoms with van der Waals surface area (Å²) < 4.78 is 23.5. The van der Waals surface area contributed by atoms with E-state index in [4.69, 9.17) is 0 Å². The summed E-state index contributed by atoms with van der Waals surface area (Å²) in [7, 11) is -3.24. The number of sulfone groups is 1. The predicted molar refractivity (Wildman–Crippen MR) is 65.9 cm³/mol. The third-order valence-electron chi connectivity index (χ3n) is 2.76. The summed E-state index contributed by atoms with van der Waals surface area (Å²) in [6.45, 7) is 0. The van der Waals surface area contributed by atoms with Gasteiger partial charge in [-0.3, -0.25) is 4.98 Å². The van der Waals surface area contributed by atoms with Crippen molar-refractivity contribution in [3.8, 4) is 11.1 Å². The van der Waals surface area contributed by atoms with E-state index < -0.39 is 9.84 Å². The molecule has 0 bridgehead atoms. The van der Waals surface area contributed by atoms with Crippen LogP contribution in [-0.4, -0.2) is 13.4 Å². The molecule has 0 fully saturated rings. The lowest BCUT2D eigenvalue weighted by Gasteiger charge is -2.06. The third-order valence-corrected chi connectivity index (χ3v) is 4.22. The lowest BCUT2D eigenvalue weighted by molar-refractivity contribution is 0.605. The highest BCUT2D eigenvalue weighted by Gasteiger charge is 2.22. The first kappa shape index (κ1) is 10.2. The Morgan fingerprint density at radius 1 is 1.06 bits per heavy atom. The number of aromatic nitrogens is 1. The predicted octanol–water partition coefficient (Wildman–Crippen LogP) is 2.51. The van der Waals surface area contributed by atoms with Gasteiger partial charge in [0.15, 0.2) is 9.84 Å². The Labute approximate surface area is 99.4 Å². The van der Waals surface area contributed by atoms with Gasteiger partial charge in [0, 0.05) is 28.9 Å². The van der Waals surface area contributed by atoms with Gasteiger partial charge in [-0.25, -0.2) is 8.42 Å². The first-order valence-electron chi connectivity index (χ1n) is 5.15. The molecule has 0 saturated carbocycles. The van der Waals surface area contributed by atoms with E-state index in [0.29, 0.717) is 4.90 Å². The van der Waals surface area contributed by atoms with Gasteiger partial charge in [0.2, 0.25) is 0 Å². The number of hydrogen-bond donors (Lipinski definition) is 0. The molecule has 0 saturated heterocycles. The maximum absolute atomic E-state index is 11.7. The van der Waals surface area contributed by atoms with E-state index in [2.05, 4.69) is 4.98 Å². The van der Waals surface area contributed by atoms with E-state index in [0.717, 1.165) is 16.7 Å². The quantitative estimate of drug-likeness (QED) is 0.773. The Balaban J connectivity index is 2.30. The number of nitrogens with zero attached hydrogens (tertiary/aromatic N) is 1. The van der Waals surface area contributed by atoms with E-state index in [1.807, 2.05) is 18.2 Å². The number of benzene rings is 1. The Bertz CT molecular complexity index is 703. The lowest BCUT2D eigenvalue weighted by Crippen LogP contribution is -1.94. The minimum absolute atomic E-state index is 0.374. The van der Waals surface area contributed by atoms with E-state index in [9.17, 15) is 8.42 Å². The van der Waals surface area contributed by atoms with Crippen LogP contribution in [0.25, 0.3) is 17.2 Å². The monoisotopic (exact) mass is 243 g/mol. The Morgan fingerprint density at radius 2 is 1.94 bits per heavy atom. The Morgan fingerprint density at radius 3 is 2.71 bits per heavy atom. The van der Waals surface area contributed by atoms with Crippen LogP contribution in [0.1, 0.15) is 5.56 Å². The fourth-order valence-electron chi connectivity index (χ4n) is 1.97. The SMILES string of the molecule is O=S1(=O)C=Cc2c(-c3cccnc3)cccc21. The van der Waals surface area contributed by atoms with Gasteiger partial charge in [-0.2, -0.15) is 0 Å². The zero-order valence-electron chi connectivity index (χ0n) is 8.87. The average molecular weight is 243 g/mol. The molecule has 84 valence electrons. The molecular formula is C13H9NO2S. The summed E-state index contributed by atoms with van der Waals surface area (Å²) in [5, 5.41) is 1.25. The molecule has 1 aliphatic rings. The fraction of sp³-hybridized carbons (Fsp3) is 0. The van der Waals surface area contributed by atoms with Gasteiger partial charge < -0.3 is 0 Å². The van der Waals surface area contributed by atoms with Crippen molar-refractivity contribution in [1.29, 1.82) is 0 Å². The van der Waals surface area contributed by atoms with Crippen molar-refractivity contribution in [2.24, 2.45) is 0 Å². The Hall–Kier alpha value is -1.94. The molecule has 0 unspecified atom stereocenters. The van der Waals surface area contributed by atoms with Gasteiger partial charge in [0.1, 0.15) is 0 Å². The third kappa shape index (κ3) is 1.57. The second-order valence-corrected chi connectivity index (χ2v) is 5.61. The molecule has 0 atom stereocenters. The van der Waals surface area contributed by atoms with Crippen LogP contribution < -0.4 is 0 Å². The van der Waals surface area contributed by atoms with Crippen LogP contribution in [0.15, 0.2) is 53.0 Å². The molecule has 17 heavy (non-hydrogen) atoms. The van der Waals surface area contributed by atoms with Crippen LogP contribution in [0.2, 0.25) is 0 Å². The van der Waals surface area contributed by atoms with E-state index in [1.54, 1.807) is 30.6 Å². The molecule has 0 N–H and O–H groups in total. The van der Waals surface area contributed by atoms with E-state index in [1.165, 1.54) is 5.41 Å². The second kappa shape index (κ2) is 3.53. The molecular weight excluding hydrogens is 234 g/mol. The normalized spacial score (nSPS) is 15.8. The maximum atomic E-state index is 11.7. The second-order valence-electron chi connectivity index (χ2n) is 3.81. The van der Waals surface area contributed by atoms with Crippen LogP contribution in [-0.2, 0) is 9.84 Å². The van der Waals surface area contributed by atoms with Crippen LogP contribution in [0, 0.1) is 0 Å². The topological polar surface area (TPSA) is 47.0 Å². The molecule has 1 aromatic heterocycles. The number of hydrogen-bond acceptors (Lipinski definition) is 3. The van der Waals surface area contributed by atoms with Crippen molar-refractivity contribution < 1.29 is 8.42 Å².